The number of amides is 1. The topological polar surface area (TPSA) is 68.8 Å². The lowest BCUT2D eigenvalue weighted by molar-refractivity contribution is 0.0989. The van der Waals surface area contributed by atoms with Gasteiger partial charge in [-0.1, -0.05) is 20.8 Å². The third-order valence-corrected chi connectivity index (χ3v) is 4.39. The number of pyridine rings is 1. The number of carbonyl (C=O) groups excluding carboxylic acids is 1. The van der Waals surface area contributed by atoms with Crippen molar-refractivity contribution < 1.29 is 4.79 Å². The van der Waals surface area contributed by atoms with E-state index in [4.69, 9.17) is 0 Å². The molecule has 0 N–H and O–H groups in total. The van der Waals surface area contributed by atoms with E-state index >= 15 is 0 Å². The van der Waals surface area contributed by atoms with Gasteiger partial charge in [0.15, 0.2) is 5.65 Å². The molecule has 0 bridgehead atoms. The van der Waals surface area contributed by atoms with Crippen LogP contribution in [0.3, 0.4) is 0 Å². The van der Waals surface area contributed by atoms with Crippen molar-refractivity contribution in [1.82, 2.24) is 24.5 Å². The SMILES string of the molecule is Cn1nc(C(C)(C)C)c2cc(C(=O)N3CCn4nccc43)cnc21. The Morgan fingerprint density at radius 3 is 2.79 bits per heavy atom. The average Bonchev–Trinajstić information content (AvgIpc) is 3.20. The Hall–Kier alpha value is -2.70. The van der Waals surface area contributed by atoms with Crippen molar-refractivity contribution in [3.8, 4) is 0 Å². The van der Waals surface area contributed by atoms with Crippen molar-refractivity contribution in [2.75, 3.05) is 11.4 Å². The highest BCUT2D eigenvalue weighted by Crippen LogP contribution is 2.29. The molecule has 24 heavy (non-hydrogen) atoms. The Labute approximate surface area is 139 Å². The first-order valence-corrected chi connectivity index (χ1v) is 8.03. The minimum absolute atomic E-state index is 0.0487. The smallest absolute Gasteiger partial charge is 0.261 e. The molecule has 4 rings (SSSR count). The number of carbonyl (C=O) groups is 1. The standard InChI is InChI=1S/C17H20N6O/c1-17(2,3)14-12-9-11(10-18-15(12)21(4)20-14)16(24)22-7-8-23-13(22)5-6-19-23/h5-6,9-10H,7-8H2,1-4H3. The molecule has 1 aliphatic rings. The minimum Gasteiger partial charge on any atom is -0.291 e. The maximum absolute atomic E-state index is 12.9. The van der Waals surface area contributed by atoms with Crippen molar-refractivity contribution in [2.24, 2.45) is 7.05 Å². The van der Waals surface area contributed by atoms with Crippen molar-refractivity contribution in [3.05, 3.63) is 35.8 Å². The molecule has 0 saturated heterocycles. The zero-order valence-electron chi connectivity index (χ0n) is 14.3. The predicted octanol–water partition coefficient (Wildman–Crippen LogP) is 2.12. The van der Waals surface area contributed by atoms with Crippen molar-refractivity contribution in [1.29, 1.82) is 0 Å². The molecule has 3 aromatic rings. The summed E-state index contributed by atoms with van der Waals surface area (Å²) >= 11 is 0. The number of hydrogen-bond donors (Lipinski definition) is 0. The first kappa shape index (κ1) is 14.9. The lowest BCUT2D eigenvalue weighted by Gasteiger charge is -2.16. The lowest BCUT2D eigenvalue weighted by atomic mass is 9.90. The fourth-order valence-electron chi connectivity index (χ4n) is 3.21. The second kappa shape index (κ2) is 4.90. The highest BCUT2D eigenvalue weighted by Gasteiger charge is 2.28. The van der Waals surface area contributed by atoms with E-state index in [9.17, 15) is 4.79 Å². The van der Waals surface area contributed by atoms with Crippen molar-refractivity contribution in [3.63, 3.8) is 0 Å². The molecular weight excluding hydrogens is 304 g/mol. The molecule has 0 radical (unpaired) electrons. The quantitative estimate of drug-likeness (QED) is 0.687. The second-order valence-electron chi connectivity index (χ2n) is 7.19. The zero-order valence-corrected chi connectivity index (χ0v) is 14.3. The summed E-state index contributed by atoms with van der Waals surface area (Å²) in [5.41, 5.74) is 2.21. The number of aryl methyl sites for hydroxylation is 1. The highest BCUT2D eigenvalue weighted by molar-refractivity contribution is 6.07. The number of anilines is 1. The van der Waals surface area contributed by atoms with Gasteiger partial charge in [-0.2, -0.15) is 10.2 Å². The second-order valence-corrected chi connectivity index (χ2v) is 7.19. The van der Waals surface area contributed by atoms with Gasteiger partial charge in [-0.3, -0.25) is 14.4 Å². The van der Waals surface area contributed by atoms with Gasteiger partial charge in [-0.05, 0) is 6.07 Å². The van der Waals surface area contributed by atoms with Crippen LogP contribution in [0.15, 0.2) is 24.5 Å². The van der Waals surface area contributed by atoms with Gasteiger partial charge in [0.05, 0.1) is 24.0 Å². The summed E-state index contributed by atoms with van der Waals surface area (Å²) in [5, 5.41) is 9.75. The first-order valence-electron chi connectivity index (χ1n) is 8.03. The summed E-state index contributed by atoms with van der Waals surface area (Å²) in [7, 11) is 1.88. The molecule has 0 fully saturated rings. The average molecular weight is 324 g/mol. The van der Waals surface area contributed by atoms with Gasteiger partial charge in [0.25, 0.3) is 5.91 Å². The van der Waals surface area contributed by atoms with Gasteiger partial charge >= 0.3 is 0 Å². The predicted molar refractivity (Wildman–Crippen MR) is 91.1 cm³/mol. The molecule has 0 atom stereocenters. The van der Waals surface area contributed by atoms with Gasteiger partial charge in [0.1, 0.15) is 5.82 Å². The van der Waals surface area contributed by atoms with Crippen LogP contribution < -0.4 is 4.90 Å². The summed E-state index contributed by atoms with van der Waals surface area (Å²) in [6.45, 7) is 7.70. The molecule has 3 aromatic heterocycles. The molecule has 0 saturated carbocycles. The maximum Gasteiger partial charge on any atom is 0.261 e. The van der Waals surface area contributed by atoms with Crippen LogP contribution in [0.5, 0.6) is 0 Å². The fourth-order valence-corrected chi connectivity index (χ4v) is 3.21. The molecule has 4 heterocycles. The summed E-state index contributed by atoms with van der Waals surface area (Å²) in [4.78, 5) is 19.2. The van der Waals surface area contributed by atoms with Gasteiger partial charge in [0.2, 0.25) is 0 Å². The van der Waals surface area contributed by atoms with Crippen LogP contribution in [-0.4, -0.2) is 37.0 Å². The fraction of sp³-hybridized carbons (Fsp3) is 0.412. The van der Waals surface area contributed by atoms with Gasteiger partial charge in [0, 0.05) is 36.7 Å². The molecule has 7 heteroatoms. The summed E-state index contributed by atoms with van der Waals surface area (Å²) < 4.78 is 3.61. The van der Waals surface area contributed by atoms with Crippen LogP contribution in [0, 0.1) is 0 Å². The van der Waals surface area contributed by atoms with Crippen molar-refractivity contribution >= 4 is 22.8 Å². The molecular formula is C17H20N6O. The third kappa shape index (κ3) is 2.11. The Bertz CT molecular complexity index is 946. The van der Waals surface area contributed by atoms with E-state index in [-0.39, 0.29) is 11.3 Å². The van der Waals surface area contributed by atoms with E-state index in [0.29, 0.717) is 12.1 Å². The van der Waals surface area contributed by atoms with Gasteiger partial charge in [-0.25, -0.2) is 9.67 Å². The number of rotatable bonds is 1. The van der Waals surface area contributed by atoms with Crippen molar-refractivity contribution in [2.45, 2.75) is 32.7 Å². The van der Waals surface area contributed by atoms with Crippen LogP contribution in [0.2, 0.25) is 0 Å². The zero-order chi connectivity index (χ0) is 17.1. The van der Waals surface area contributed by atoms with Crippen LogP contribution in [0.1, 0.15) is 36.8 Å². The molecule has 1 aliphatic heterocycles. The van der Waals surface area contributed by atoms with E-state index in [1.165, 1.54) is 0 Å². The van der Waals surface area contributed by atoms with Crippen LogP contribution >= 0.6 is 0 Å². The number of aromatic nitrogens is 5. The van der Waals surface area contributed by atoms with Crippen LogP contribution in [0.4, 0.5) is 5.82 Å². The van der Waals surface area contributed by atoms with E-state index < -0.39 is 0 Å². The molecule has 0 unspecified atom stereocenters. The molecule has 1 amide bonds. The summed E-state index contributed by atoms with van der Waals surface area (Å²) in [6.07, 6.45) is 3.35. The summed E-state index contributed by atoms with van der Waals surface area (Å²) in [6, 6.07) is 3.78. The van der Waals surface area contributed by atoms with Crippen LogP contribution in [-0.2, 0) is 19.0 Å². The third-order valence-electron chi connectivity index (χ3n) is 4.39. The molecule has 7 nitrogen and oxygen atoms in total. The lowest BCUT2D eigenvalue weighted by Crippen LogP contribution is -2.28. The Morgan fingerprint density at radius 2 is 2.04 bits per heavy atom. The molecule has 0 spiro atoms. The Kier molecular flexibility index (Phi) is 3.03. The Morgan fingerprint density at radius 1 is 1.25 bits per heavy atom. The number of hydrogen-bond acceptors (Lipinski definition) is 4. The minimum atomic E-state index is -0.116. The van der Waals surface area contributed by atoms with Gasteiger partial charge in [-0.15, -0.1) is 0 Å². The van der Waals surface area contributed by atoms with Crippen LogP contribution in [0.25, 0.3) is 11.0 Å². The first-order chi connectivity index (χ1) is 11.4. The molecule has 0 aromatic carbocycles. The van der Waals surface area contributed by atoms with E-state index in [1.54, 1.807) is 22.0 Å². The number of nitrogens with zero attached hydrogens (tertiary/aromatic N) is 6. The number of fused-ring (bicyclic) bond motifs is 2. The van der Waals surface area contributed by atoms with Gasteiger partial charge < -0.3 is 0 Å². The molecule has 124 valence electrons. The molecule has 0 aliphatic carbocycles. The van der Waals surface area contributed by atoms with E-state index in [2.05, 4.69) is 36.0 Å². The van der Waals surface area contributed by atoms with E-state index in [0.717, 1.165) is 29.1 Å². The Balaban J connectivity index is 1.79. The highest BCUT2D eigenvalue weighted by atomic mass is 16.2. The monoisotopic (exact) mass is 324 g/mol. The van der Waals surface area contributed by atoms with E-state index in [1.807, 2.05) is 23.9 Å². The normalized spacial score (nSPS) is 14.4. The maximum atomic E-state index is 12.9. The largest absolute Gasteiger partial charge is 0.291 e. The summed E-state index contributed by atoms with van der Waals surface area (Å²) in [5.74, 6) is 0.787.